The molecule has 0 spiro atoms. The number of rotatable bonds is 3. The molecule has 0 radical (unpaired) electrons. The topological polar surface area (TPSA) is 40.6 Å². The highest BCUT2D eigenvalue weighted by molar-refractivity contribution is 7.89. The van der Waals surface area contributed by atoms with Crippen LogP contribution in [0.4, 0.5) is 5.69 Å². The summed E-state index contributed by atoms with van der Waals surface area (Å²) in [5.74, 6) is 0. The largest absolute Gasteiger partial charge is 0.368 e. The fourth-order valence-corrected chi connectivity index (χ4v) is 5.27. The lowest BCUT2D eigenvalue weighted by Gasteiger charge is -2.36. The van der Waals surface area contributed by atoms with Gasteiger partial charge in [0.2, 0.25) is 10.0 Å². The summed E-state index contributed by atoms with van der Waals surface area (Å²) in [4.78, 5) is 2.04. The molecule has 0 unspecified atom stereocenters. The van der Waals surface area contributed by atoms with Gasteiger partial charge in [0.1, 0.15) is 4.90 Å². The number of hydrogen-bond acceptors (Lipinski definition) is 3. The third-order valence-corrected chi connectivity index (χ3v) is 7.17. The highest BCUT2D eigenvalue weighted by atomic mass is 35.5. The van der Waals surface area contributed by atoms with E-state index < -0.39 is 10.0 Å². The third-order valence-electron chi connectivity index (χ3n) is 4.00. The molecule has 9 heteroatoms. The molecule has 0 N–H and O–H groups in total. The second-order valence-electron chi connectivity index (χ2n) is 5.56. The van der Waals surface area contributed by atoms with Crippen LogP contribution in [0.1, 0.15) is 0 Å². The van der Waals surface area contributed by atoms with E-state index in [1.807, 2.05) is 4.90 Å². The van der Waals surface area contributed by atoms with Gasteiger partial charge in [0.15, 0.2) is 0 Å². The van der Waals surface area contributed by atoms with Crippen LogP contribution in [0.25, 0.3) is 0 Å². The van der Waals surface area contributed by atoms with E-state index in [0.29, 0.717) is 41.2 Å². The lowest BCUT2D eigenvalue weighted by Crippen LogP contribution is -2.48. The molecule has 1 aliphatic rings. The number of sulfonamides is 1. The van der Waals surface area contributed by atoms with Crippen molar-refractivity contribution in [2.45, 2.75) is 4.90 Å². The minimum absolute atomic E-state index is 0.0240. The Labute approximate surface area is 166 Å². The molecule has 1 fully saturated rings. The van der Waals surface area contributed by atoms with Gasteiger partial charge in [-0.15, -0.1) is 0 Å². The molecule has 0 atom stereocenters. The second kappa shape index (κ2) is 7.51. The zero-order valence-corrected chi connectivity index (χ0v) is 16.8. The zero-order chi connectivity index (χ0) is 18.2. The van der Waals surface area contributed by atoms with E-state index in [1.165, 1.54) is 16.4 Å². The van der Waals surface area contributed by atoms with Gasteiger partial charge in [-0.05, 0) is 36.4 Å². The standard InChI is InChI=1S/C16H14Cl4N2O2S/c17-11-1-3-13(19)15(9-11)21-5-7-22(8-6-21)25(23,24)16-10-12(18)2-4-14(16)20/h1-4,9-10H,5-8H2. The van der Waals surface area contributed by atoms with Crippen LogP contribution in [0, 0.1) is 0 Å². The smallest absolute Gasteiger partial charge is 0.244 e. The van der Waals surface area contributed by atoms with Gasteiger partial charge in [0.25, 0.3) is 0 Å². The van der Waals surface area contributed by atoms with E-state index in [0.717, 1.165) is 5.69 Å². The van der Waals surface area contributed by atoms with Crippen molar-refractivity contribution in [1.82, 2.24) is 4.31 Å². The van der Waals surface area contributed by atoms with E-state index in [4.69, 9.17) is 46.4 Å². The van der Waals surface area contributed by atoms with E-state index in [9.17, 15) is 8.42 Å². The molecule has 0 aromatic heterocycles. The van der Waals surface area contributed by atoms with Crippen molar-refractivity contribution in [3.63, 3.8) is 0 Å². The Balaban J connectivity index is 1.80. The average molecular weight is 440 g/mol. The van der Waals surface area contributed by atoms with Crippen molar-refractivity contribution < 1.29 is 8.42 Å². The highest BCUT2D eigenvalue weighted by Crippen LogP contribution is 2.32. The van der Waals surface area contributed by atoms with E-state index in [-0.39, 0.29) is 9.92 Å². The summed E-state index contributed by atoms with van der Waals surface area (Å²) in [5, 5.41) is 1.65. The fourth-order valence-electron chi connectivity index (χ4n) is 2.71. The van der Waals surface area contributed by atoms with Crippen molar-refractivity contribution in [1.29, 1.82) is 0 Å². The summed E-state index contributed by atoms with van der Waals surface area (Å²) in [7, 11) is -3.71. The predicted molar refractivity (Wildman–Crippen MR) is 104 cm³/mol. The predicted octanol–water partition coefficient (Wildman–Crippen LogP) is 4.81. The Morgan fingerprint density at radius 2 is 1.32 bits per heavy atom. The summed E-state index contributed by atoms with van der Waals surface area (Å²) in [5.41, 5.74) is 0.798. The maximum Gasteiger partial charge on any atom is 0.244 e. The minimum Gasteiger partial charge on any atom is -0.368 e. The summed E-state index contributed by atoms with van der Waals surface area (Å²) >= 11 is 24.2. The van der Waals surface area contributed by atoms with Crippen LogP contribution in [-0.4, -0.2) is 38.9 Å². The van der Waals surface area contributed by atoms with Gasteiger partial charge in [-0.1, -0.05) is 46.4 Å². The first kappa shape index (κ1) is 19.1. The van der Waals surface area contributed by atoms with Crippen LogP contribution in [0.3, 0.4) is 0 Å². The summed E-state index contributed by atoms with van der Waals surface area (Å²) in [6.07, 6.45) is 0. The first-order valence-electron chi connectivity index (χ1n) is 7.44. The lowest BCUT2D eigenvalue weighted by atomic mass is 10.2. The molecular weight excluding hydrogens is 426 g/mol. The number of hydrogen-bond donors (Lipinski definition) is 0. The summed E-state index contributed by atoms with van der Waals surface area (Å²) in [6, 6.07) is 9.64. The molecule has 2 aromatic carbocycles. The van der Waals surface area contributed by atoms with Gasteiger partial charge in [-0.3, -0.25) is 0 Å². The molecule has 2 aromatic rings. The Kier molecular flexibility index (Phi) is 5.73. The second-order valence-corrected chi connectivity index (χ2v) is 9.16. The van der Waals surface area contributed by atoms with Gasteiger partial charge in [-0.2, -0.15) is 4.31 Å². The van der Waals surface area contributed by atoms with E-state index in [2.05, 4.69) is 0 Å². The Morgan fingerprint density at radius 3 is 1.96 bits per heavy atom. The van der Waals surface area contributed by atoms with Crippen molar-refractivity contribution in [3.05, 3.63) is 56.5 Å². The molecule has 0 bridgehead atoms. The number of piperazine rings is 1. The molecule has 1 aliphatic heterocycles. The highest BCUT2D eigenvalue weighted by Gasteiger charge is 2.30. The molecule has 0 saturated carbocycles. The molecule has 25 heavy (non-hydrogen) atoms. The normalized spacial score (nSPS) is 16.2. The monoisotopic (exact) mass is 438 g/mol. The lowest BCUT2D eigenvalue weighted by molar-refractivity contribution is 0.385. The Morgan fingerprint density at radius 1 is 0.760 bits per heavy atom. The summed E-state index contributed by atoms with van der Waals surface area (Å²) in [6.45, 7) is 1.62. The molecule has 1 heterocycles. The molecular formula is C16H14Cl4N2O2S. The molecule has 3 rings (SSSR count). The van der Waals surface area contributed by atoms with Crippen LogP contribution in [0.5, 0.6) is 0 Å². The number of benzene rings is 2. The maximum atomic E-state index is 12.8. The molecule has 4 nitrogen and oxygen atoms in total. The summed E-state index contributed by atoms with van der Waals surface area (Å²) < 4.78 is 27.1. The van der Waals surface area contributed by atoms with Crippen molar-refractivity contribution >= 4 is 62.1 Å². The minimum atomic E-state index is -3.71. The van der Waals surface area contributed by atoms with Crippen molar-refractivity contribution in [3.8, 4) is 0 Å². The van der Waals surface area contributed by atoms with Crippen LogP contribution in [0.15, 0.2) is 41.3 Å². The first-order chi connectivity index (χ1) is 11.8. The van der Waals surface area contributed by atoms with Crippen LogP contribution >= 0.6 is 46.4 Å². The number of nitrogens with zero attached hydrogens (tertiary/aromatic N) is 2. The van der Waals surface area contributed by atoms with E-state index in [1.54, 1.807) is 24.3 Å². The van der Waals surface area contributed by atoms with Gasteiger partial charge in [0, 0.05) is 36.2 Å². The molecule has 0 aliphatic carbocycles. The molecule has 134 valence electrons. The van der Waals surface area contributed by atoms with Gasteiger partial charge in [-0.25, -0.2) is 8.42 Å². The van der Waals surface area contributed by atoms with Crippen LogP contribution in [0.2, 0.25) is 20.1 Å². The third kappa shape index (κ3) is 4.02. The van der Waals surface area contributed by atoms with Crippen molar-refractivity contribution in [2.24, 2.45) is 0 Å². The van der Waals surface area contributed by atoms with E-state index >= 15 is 0 Å². The fraction of sp³-hybridized carbons (Fsp3) is 0.250. The maximum absolute atomic E-state index is 12.8. The zero-order valence-electron chi connectivity index (χ0n) is 12.9. The first-order valence-corrected chi connectivity index (χ1v) is 10.4. The SMILES string of the molecule is O=S(=O)(c1cc(Cl)ccc1Cl)N1CCN(c2cc(Cl)ccc2Cl)CC1. The van der Waals surface area contributed by atoms with Gasteiger partial charge >= 0.3 is 0 Å². The Bertz CT molecular complexity index is 897. The number of halogens is 4. The van der Waals surface area contributed by atoms with Crippen molar-refractivity contribution in [2.75, 3.05) is 31.1 Å². The Hall–Kier alpha value is -0.690. The van der Waals surface area contributed by atoms with Crippen LogP contribution < -0.4 is 4.90 Å². The molecule has 1 saturated heterocycles. The van der Waals surface area contributed by atoms with Gasteiger partial charge < -0.3 is 4.90 Å². The van der Waals surface area contributed by atoms with Gasteiger partial charge in [0.05, 0.1) is 15.7 Å². The molecule has 0 amide bonds. The average Bonchev–Trinajstić information content (AvgIpc) is 2.59. The quantitative estimate of drug-likeness (QED) is 0.688. The number of anilines is 1. The van der Waals surface area contributed by atoms with Crippen LogP contribution in [-0.2, 0) is 10.0 Å².